The Balaban J connectivity index is 1.58. The molecule has 8 heteroatoms. The maximum atomic E-state index is 14.3. The van der Waals surface area contributed by atoms with Gasteiger partial charge in [0.25, 0.3) is 22.2 Å². The van der Waals surface area contributed by atoms with Crippen molar-refractivity contribution in [3.8, 4) is 0 Å². The fraction of sp³-hybridized carbons (Fsp3) is 0.200. The molecule has 11 aromatic rings. The van der Waals surface area contributed by atoms with Gasteiger partial charge in [-0.1, -0.05) is 27.7 Å². The van der Waals surface area contributed by atoms with E-state index >= 15 is 0 Å². The number of hydrogen-bond donors (Lipinski definition) is 0. The zero-order valence-corrected chi connectivity index (χ0v) is 28.2. The largest absolute Gasteiger partial charge is 0.274 e. The molecule has 7 aromatic carbocycles. The van der Waals surface area contributed by atoms with Gasteiger partial charge in [-0.25, -0.2) is 0 Å². The van der Waals surface area contributed by atoms with Crippen molar-refractivity contribution in [1.82, 2.24) is 9.13 Å². The van der Waals surface area contributed by atoms with E-state index in [4.69, 9.17) is 0 Å². The molecule has 0 aliphatic heterocycles. The molecule has 0 radical (unpaired) electrons. The minimum atomic E-state index is -0.253. The van der Waals surface area contributed by atoms with E-state index in [0.29, 0.717) is 45.4 Å². The van der Waals surface area contributed by atoms with Crippen LogP contribution in [-0.4, -0.2) is 9.13 Å². The zero-order valence-electron chi connectivity index (χ0n) is 26.5. The highest BCUT2D eigenvalue weighted by molar-refractivity contribution is 7.19. The monoisotopic (exact) mass is 662 g/mol. The van der Waals surface area contributed by atoms with Crippen LogP contribution >= 0.6 is 22.7 Å². The highest BCUT2D eigenvalue weighted by Gasteiger charge is 2.30. The summed E-state index contributed by atoms with van der Waals surface area (Å²) in [5.41, 5.74) is -1.01. The summed E-state index contributed by atoms with van der Waals surface area (Å²) >= 11 is 3.26. The van der Waals surface area contributed by atoms with Gasteiger partial charge in [-0.05, 0) is 80.5 Å². The maximum absolute atomic E-state index is 14.3. The summed E-state index contributed by atoms with van der Waals surface area (Å²) in [6.07, 6.45) is 0. The van der Waals surface area contributed by atoms with Gasteiger partial charge in [0.1, 0.15) is 0 Å². The van der Waals surface area contributed by atoms with Crippen LogP contribution in [0.2, 0.25) is 0 Å². The second-order valence-electron chi connectivity index (χ2n) is 14.4. The highest BCUT2D eigenvalue weighted by atomic mass is 32.1. The van der Waals surface area contributed by atoms with Crippen molar-refractivity contribution in [2.75, 3.05) is 0 Å². The van der Waals surface area contributed by atoms with Crippen molar-refractivity contribution < 1.29 is 0 Å². The van der Waals surface area contributed by atoms with Gasteiger partial charge >= 0.3 is 0 Å². The molecule has 11 rings (SSSR count). The van der Waals surface area contributed by atoms with Crippen LogP contribution in [0.5, 0.6) is 0 Å². The van der Waals surface area contributed by atoms with Gasteiger partial charge < -0.3 is 0 Å². The third-order valence-electron chi connectivity index (χ3n) is 10.7. The minimum absolute atomic E-state index is 0.120. The van der Waals surface area contributed by atoms with Crippen LogP contribution in [0.4, 0.5) is 0 Å². The average Bonchev–Trinajstić information content (AvgIpc) is 3.76. The highest BCUT2D eigenvalue weighted by Crippen LogP contribution is 2.55. The van der Waals surface area contributed by atoms with Gasteiger partial charge in [-0.3, -0.25) is 28.3 Å². The molecule has 0 atom stereocenters. The zero-order chi connectivity index (χ0) is 32.7. The molecule has 0 N–H and O–H groups in total. The molecular formula is C40H26N2O4S2. The lowest BCUT2D eigenvalue weighted by Crippen LogP contribution is -2.35. The molecular weight excluding hydrogens is 637 g/mol. The van der Waals surface area contributed by atoms with Crippen molar-refractivity contribution in [2.45, 2.75) is 40.8 Å². The van der Waals surface area contributed by atoms with Crippen molar-refractivity contribution in [3.63, 3.8) is 0 Å². The van der Waals surface area contributed by atoms with Gasteiger partial charge in [0.05, 0.1) is 0 Å². The molecule has 4 aromatic heterocycles. The molecule has 0 aliphatic carbocycles. The van der Waals surface area contributed by atoms with E-state index in [1.807, 2.05) is 52.0 Å². The molecule has 0 amide bonds. The van der Waals surface area contributed by atoms with E-state index in [9.17, 15) is 19.2 Å². The molecule has 0 aliphatic rings. The normalized spacial score (nSPS) is 13.5. The molecule has 48 heavy (non-hydrogen) atoms. The van der Waals surface area contributed by atoms with E-state index in [2.05, 4.69) is 22.9 Å². The Morgan fingerprint density at radius 1 is 0.438 bits per heavy atom. The van der Waals surface area contributed by atoms with Gasteiger partial charge in [0.15, 0.2) is 0 Å². The molecule has 0 saturated heterocycles. The first-order valence-electron chi connectivity index (χ1n) is 16.4. The van der Waals surface area contributed by atoms with Crippen LogP contribution in [0.25, 0.3) is 106 Å². The van der Waals surface area contributed by atoms with Gasteiger partial charge in [-0.15, -0.1) is 22.7 Å². The van der Waals surface area contributed by atoms with Crippen LogP contribution in [0.1, 0.15) is 27.7 Å². The Bertz CT molecular complexity index is 3000. The Kier molecular flexibility index (Phi) is 4.83. The maximum Gasteiger partial charge on any atom is 0.261 e. The summed E-state index contributed by atoms with van der Waals surface area (Å²) < 4.78 is 4.95. The predicted molar refractivity (Wildman–Crippen MR) is 204 cm³/mol. The Labute approximate surface area is 278 Å². The Morgan fingerprint density at radius 3 is 1.12 bits per heavy atom. The molecule has 0 fully saturated rings. The summed E-state index contributed by atoms with van der Waals surface area (Å²) in [7, 11) is 0. The fourth-order valence-electron chi connectivity index (χ4n) is 9.06. The second kappa shape index (κ2) is 8.56. The van der Waals surface area contributed by atoms with E-state index in [1.54, 1.807) is 22.7 Å². The molecule has 6 nitrogen and oxygen atoms in total. The summed E-state index contributed by atoms with van der Waals surface area (Å²) in [6, 6.07) is 12.2. The van der Waals surface area contributed by atoms with Crippen LogP contribution in [0.15, 0.2) is 66.3 Å². The molecule has 0 bridgehead atoms. The Hall–Kier alpha value is -4.92. The van der Waals surface area contributed by atoms with Crippen molar-refractivity contribution >= 4 is 129 Å². The molecule has 232 valence electrons. The summed E-state index contributed by atoms with van der Waals surface area (Å²) in [4.78, 5) is 57.3. The first kappa shape index (κ1) is 27.1. The van der Waals surface area contributed by atoms with Crippen molar-refractivity contribution in [2.24, 2.45) is 11.8 Å². The fourth-order valence-corrected chi connectivity index (χ4v) is 10.9. The van der Waals surface area contributed by atoms with Crippen LogP contribution in [0, 0.1) is 11.8 Å². The number of thiophene rings is 2. The Morgan fingerprint density at radius 2 is 0.771 bits per heavy atom. The lowest BCUT2D eigenvalue weighted by molar-refractivity contribution is 0.505. The topological polar surface area (TPSA) is 78.1 Å². The molecule has 4 heterocycles. The number of hydrogen-bond acceptors (Lipinski definition) is 6. The number of rotatable bonds is 4. The van der Waals surface area contributed by atoms with Crippen molar-refractivity contribution in [3.05, 3.63) is 88.6 Å². The van der Waals surface area contributed by atoms with E-state index in [0.717, 1.165) is 74.0 Å². The average molecular weight is 663 g/mol. The number of benzene rings is 7. The van der Waals surface area contributed by atoms with Crippen molar-refractivity contribution in [1.29, 1.82) is 0 Å². The predicted octanol–water partition coefficient (Wildman–Crippen LogP) is 8.89. The lowest BCUT2D eigenvalue weighted by atomic mass is 9.79. The number of aromatic nitrogens is 2. The van der Waals surface area contributed by atoms with E-state index < -0.39 is 0 Å². The third kappa shape index (κ3) is 2.89. The van der Waals surface area contributed by atoms with Crippen LogP contribution in [0.3, 0.4) is 0 Å². The number of pyridine rings is 2. The number of fused-ring (bicyclic) bond motifs is 6. The minimum Gasteiger partial charge on any atom is -0.274 e. The van der Waals surface area contributed by atoms with Crippen LogP contribution < -0.4 is 22.2 Å². The smallest absolute Gasteiger partial charge is 0.261 e. The van der Waals surface area contributed by atoms with E-state index in [1.165, 1.54) is 9.13 Å². The van der Waals surface area contributed by atoms with Gasteiger partial charge in [0.2, 0.25) is 0 Å². The molecule has 0 unspecified atom stereocenters. The van der Waals surface area contributed by atoms with Gasteiger partial charge in [0, 0.05) is 97.9 Å². The summed E-state index contributed by atoms with van der Waals surface area (Å²) in [5.74, 6) is 0.241. The third-order valence-corrected chi connectivity index (χ3v) is 12.6. The van der Waals surface area contributed by atoms with Gasteiger partial charge in [-0.2, -0.15) is 0 Å². The SMILES string of the molecule is CC(C)Cn1c(=O)c2cc3c4ccsc4c4cc5c(=O)n(CC(C)C)c(=O)c6cc7c8ccsc8c8cc(c1=O)c2c1c3c4c(c65)c7c81. The lowest BCUT2D eigenvalue weighted by Gasteiger charge is -2.25. The summed E-state index contributed by atoms with van der Waals surface area (Å²) in [5, 5.41) is 19.6. The molecule has 0 spiro atoms. The van der Waals surface area contributed by atoms with Crippen LogP contribution in [-0.2, 0) is 13.1 Å². The number of nitrogens with zero attached hydrogens (tertiary/aromatic N) is 2. The first-order chi connectivity index (χ1) is 23.2. The standard InChI is InChI=1S/C40H26N2O4S2/c1-15(2)13-41-37(43)23-9-19-17-5-7-48-36(17)22-12-26-28-24(38(44)42(40(26)46)14-16(3)4)10-20-18-6-8-47-35(18)21-11-25(39(41)45)27(23)33-29(19)32(22)34(28)30(20)31(21)33/h5-12,15-16H,13-14H2,1-4H3. The summed E-state index contributed by atoms with van der Waals surface area (Å²) in [6.45, 7) is 8.78. The quantitative estimate of drug-likeness (QED) is 0.139. The van der Waals surface area contributed by atoms with E-state index in [-0.39, 0.29) is 34.1 Å². The second-order valence-corrected chi connectivity index (χ2v) is 16.3. The molecule has 0 saturated carbocycles. The first-order valence-corrected chi connectivity index (χ1v) is 18.2.